The van der Waals surface area contributed by atoms with E-state index < -0.39 is 17.5 Å². The maximum absolute atomic E-state index is 13.5. The Balaban J connectivity index is 2.03. The summed E-state index contributed by atoms with van der Waals surface area (Å²) in [7, 11) is 0. The van der Waals surface area contributed by atoms with Crippen molar-refractivity contribution < 1.29 is 13.2 Å². The lowest BCUT2D eigenvalue weighted by Crippen LogP contribution is -2.19. The first-order valence-electron chi connectivity index (χ1n) is 5.84. The van der Waals surface area contributed by atoms with Crippen LogP contribution in [-0.2, 0) is 6.54 Å². The molecule has 0 fully saturated rings. The van der Waals surface area contributed by atoms with Gasteiger partial charge in [0.05, 0.1) is 6.20 Å². The van der Waals surface area contributed by atoms with Gasteiger partial charge < -0.3 is 5.32 Å². The number of halogens is 3. The van der Waals surface area contributed by atoms with Crippen LogP contribution in [-0.4, -0.2) is 4.98 Å². The molecule has 0 aliphatic heterocycles. The number of aromatic nitrogens is 1. The molecule has 1 aromatic heterocycles. The predicted octanol–water partition coefficient (Wildman–Crippen LogP) is 3.35. The van der Waals surface area contributed by atoms with Crippen molar-refractivity contribution in [3.05, 3.63) is 65.2 Å². The second-order valence-electron chi connectivity index (χ2n) is 4.28. The van der Waals surface area contributed by atoms with E-state index in [0.717, 1.165) is 12.3 Å². The SMILES string of the molecule is C[C@H](NCc1cncc(F)c1)c1ccc(F)cc1F. The van der Waals surface area contributed by atoms with Crippen LogP contribution in [0, 0.1) is 17.5 Å². The Hall–Kier alpha value is -1.88. The largest absolute Gasteiger partial charge is 0.306 e. The molecular weight excluding hydrogens is 253 g/mol. The minimum atomic E-state index is -0.609. The summed E-state index contributed by atoms with van der Waals surface area (Å²) < 4.78 is 39.3. The van der Waals surface area contributed by atoms with E-state index in [0.29, 0.717) is 17.7 Å². The molecule has 0 saturated carbocycles. The number of pyridine rings is 1. The lowest BCUT2D eigenvalue weighted by Gasteiger charge is -2.15. The second-order valence-corrected chi connectivity index (χ2v) is 4.28. The zero-order chi connectivity index (χ0) is 13.8. The van der Waals surface area contributed by atoms with E-state index in [4.69, 9.17) is 0 Å². The van der Waals surface area contributed by atoms with Crippen molar-refractivity contribution in [2.75, 3.05) is 0 Å². The van der Waals surface area contributed by atoms with Crippen molar-refractivity contribution in [2.45, 2.75) is 19.5 Å². The van der Waals surface area contributed by atoms with Crippen LogP contribution in [0.25, 0.3) is 0 Å². The predicted molar refractivity (Wildman–Crippen MR) is 65.8 cm³/mol. The fourth-order valence-electron chi connectivity index (χ4n) is 1.79. The summed E-state index contributed by atoms with van der Waals surface area (Å²) in [4.78, 5) is 3.73. The van der Waals surface area contributed by atoms with Gasteiger partial charge in [-0.25, -0.2) is 13.2 Å². The smallest absolute Gasteiger partial charge is 0.141 e. The molecule has 100 valence electrons. The molecule has 0 spiro atoms. The van der Waals surface area contributed by atoms with E-state index in [-0.39, 0.29) is 6.04 Å². The summed E-state index contributed by atoms with van der Waals surface area (Å²) in [5, 5.41) is 3.03. The lowest BCUT2D eigenvalue weighted by molar-refractivity contribution is 0.516. The minimum absolute atomic E-state index is 0.316. The van der Waals surface area contributed by atoms with Crippen molar-refractivity contribution in [1.82, 2.24) is 10.3 Å². The molecule has 2 nitrogen and oxygen atoms in total. The number of rotatable bonds is 4. The van der Waals surface area contributed by atoms with Gasteiger partial charge in [0.15, 0.2) is 0 Å². The third-order valence-corrected chi connectivity index (χ3v) is 2.80. The Morgan fingerprint density at radius 2 is 1.89 bits per heavy atom. The van der Waals surface area contributed by atoms with Gasteiger partial charge >= 0.3 is 0 Å². The van der Waals surface area contributed by atoms with Gasteiger partial charge in [0.25, 0.3) is 0 Å². The van der Waals surface area contributed by atoms with E-state index in [1.807, 2.05) is 0 Å². The highest BCUT2D eigenvalue weighted by atomic mass is 19.1. The molecule has 5 heteroatoms. The molecule has 0 aliphatic carbocycles. The Kier molecular flexibility index (Phi) is 4.16. The highest BCUT2D eigenvalue weighted by Crippen LogP contribution is 2.18. The van der Waals surface area contributed by atoms with Crippen molar-refractivity contribution in [1.29, 1.82) is 0 Å². The topological polar surface area (TPSA) is 24.9 Å². The first-order chi connectivity index (χ1) is 9.06. The quantitative estimate of drug-likeness (QED) is 0.918. The van der Waals surface area contributed by atoms with E-state index in [1.54, 1.807) is 6.92 Å². The maximum atomic E-state index is 13.5. The van der Waals surface area contributed by atoms with Crippen molar-refractivity contribution in [2.24, 2.45) is 0 Å². The van der Waals surface area contributed by atoms with Crippen LogP contribution in [0.5, 0.6) is 0 Å². The third kappa shape index (κ3) is 3.54. The number of nitrogens with one attached hydrogen (secondary N) is 1. The molecular formula is C14H13F3N2. The Bertz CT molecular complexity index is 572. The molecule has 0 unspecified atom stereocenters. The number of benzene rings is 1. The monoisotopic (exact) mass is 266 g/mol. The van der Waals surface area contributed by atoms with Gasteiger partial charge in [-0.2, -0.15) is 0 Å². The van der Waals surface area contributed by atoms with E-state index in [2.05, 4.69) is 10.3 Å². The fourth-order valence-corrected chi connectivity index (χ4v) is 1.79. The second kappa shape index (κ2) is 5.84. The highest BCUT2D eigenvalue weighted by Gasteiger charge is 2.11. The molecule has 1 heterocycles. The standard InChI is InChI=1S/C14H13F3N2/c1-9(13-3-2-11(15)5-14(13)17)19-7-10-4-12(16)8-18-6-10/h2-6,8-9,19H,7H2,1H3/t9-/m0/s1. The van der Waals surface area contributed by atoms with Crippen LogP contribution in [0.2, 0.25) is 0 Å². The fraction of sp³-hybridized carbons (Fsp3) is 0.214. The average molecular weight is 266 g/mol. The van der Waals surface area contributed by atoms with Gasteiger partial charge in [-0.1, -0.05) is 6.07 Å². The molecule has 1 N–H and O–H groups in total. The van der Waals surface area contributed by atoms with Gasteiger partial charge in [-0.3, -0.25) is 4.98 Å². The number of nitrogens with zero attached hydrogens (tertiary/aromatic N) is 1. The van der Waals surface area contributed by atoms with Gasteiger partial charge in [-0.05, 0) is 24.6 Å². The van der Waals surface area contributed by atoms with Crippen LogP contribution in [0.4, 0.5) is 13.2 Å². The third-order valence-electron chi connectivity index (χ3n) is 2.80. The van der Waals surface area contributed by atoms with Gasteiger partial charge in [0.2, 0.25) is 0 Å². The molecule has 0 aliphatic rings. The first-order valence-corrected chi connectivity index (χ1v) is 5.84. The molecule has 0 bridgehead atoms. The van der Waals surface area contributed by atoms with Crippen molar-refractivity contribution in [3.63, 3.8) is 0 Å². The average Bonchev–Trinajstić information content (AvgIpc) is 2.36. The Morgan fingerprint density at radius 1 is 1.11 bits per heavy atom. The normalized spacial score (nSPS) is 12.4. The van der Waals surface area contributed by atoms with Crippen LogP contribution in [0.1, 0.15) is 24.1 Å². The van der Waals surface area contributed by atoms with Crippen LogP contribution in [0.15, 0.2) is 36.7 Å². The molecule has 1 atom stereocenters. The molecule has 0 amide bonds. The molecule has 1 aromatic carbocycles. The summed E-state index contributed by atoms with van der Waals surface area (Å²) >= 11 is 0. The summed E-state index contributed by atoms with van der Waals surface area (Å²) in [6.07, 6.45) is 2.65. The lowest BCUT2D eigenvalue weighted by atomic mass is 10.1. The summed E-state index contributed by atoms with van der Waals surface area (Å²) in [5.41, 5.74) is 1.03. The first kappa shape index (κ1) is 13.5. The maximum Gasteiger partial charge on any atom is 0.141 e. The van der Waals surface area contributed by atoms with Gasteiger partial charge in [0, 0.05) is 30.4 Å². The number of hydrogen-bond acceptors (Lipinski definition) is 2. The van der Waals surface area contributed by atoms with Crippen molar-refractivity contribution >= 4 is 0 Å². The minimum Gasteiger partial charge on any atom is -0.306 e. The number of hydrogen-bond donors (Lipinski definition) is 1. The summed E-state index contributed by atoms with van der Waals surface area (Å²) in [6.45, 7) is 2.10. The van der Waals surface area contributed by atoms with E-state index in [1.165, 1.54) is 24.4 Å². The Morgan fingerprint density at radius 3 is 2.58 bits per heavy atom. The van der Waals surface area contributed by atoms with Crippen LogP contribution in [0.3, 0.4) is 0 Å². The highest BCUT2D eigenvalue weighted by molar-refractivity contribution is 5.22. The summed E-state index contributed by atoms with van der Waals surface area (Å²) in [5.74, 6) is -1.62. The zero-order valence-corrected chi connectivity index (χ0v) is 10.3. The van der Waals surface area contributed by atoms with Crippen LogP contribution >= 0.6 is 0 Å². The summed E-state index contributed by atoms with van der Waals surface area (Å²) in [6, 6.07) is 4.49. The molecule has 0 saturated heterocycles. The van der Waals surface area contributed by atoms with Crippen molar-refractivity contribution in [3.8, 4) is 0 Å². The molecule has 2 aromatic rings. The van der Waals surface area contributed by atoms with E-state index in [9.17, 15) is 13.2 Å². The van der Waals surface area contributed by atoms with E-state index >= 15 is 0 Å². The van der Waals surface area contributed by atoms with Crippen LogP contribution < -0.4 is 5.32 Å². The van der Waals surface area contributed by atoms with Gasteiger partial charge in [-0.15, -0.1) is 0 Å². The van der Waals surface area contributed by atoms with Gasteiger partial charge in [0.1, 0.15) is 17.5 Å². The molecule has 2 rings (SSSR count). The molecule has 19 heavy (non-hydrogen) atoms. The molecule has 0 radical (unpaired) electrons. The Labute approximate surface area is 109 Å². The zero-order valence-electron chi connectivity index (χ0n) is 10.3.